The molecule has 0 radical (unpaired) electrons. The van der Waals surface area contributed by atoms with Crippen LogP contribution in [0.4, 0.5) is 0 Å². The number of amides is 1. The second-order valence-corrected chi connectivity index (χ2v) is 5.00. The van der Waals surface area contributed by atoms with Crippen LogP contribution in [-0.2, 0) is 4.74 Å². The van der Waals surface area contributed by atoms with Gasteiger partial charge in [-0.05, 0) is 32.1 Å². The van der Waals surface area contributed by atoms with E-state index < -0.39 is 0 Å². The standard InChI is InChI=1S/C12H18N4O2/c17-12(13-6-5-9-2-1-7-18-9)11-14-10(15-16-11)8-3-4-8/h8-9H,1-7H2,(H,13,17)(H,14,15,16). The van der Waals surface area contributed by atoms with Gasteiger partial charge < -0.3 is 10.1 Å². The summed E-state index contributed by atoms with van der Waals surface area (Å²) in [6, 6.07) is 0. The SMILES string of the molecule is O=C(NCCC1CCCO1)c1n[nH]c(C2CC2)n1. The minimum atomic E-state index is -0.198. The van der Waals surface area contributed by atoms with Gasteiger partial charge in [0.2, 0.25) is 5.82 Å². The van der Waals surface area contributed by atoms with Gasteiger partial charge in [0.05, 0.1) is 6.10 Å². The van der Waals surface area contributed by atoms with Crippen molar-refractivity contribution in [3.05, 3.63) is 11.6 Å². The Morgan fingerprint density at radius 2 is 2.33 bits per heavy atom. The van der Waals surface area contributed by atoms with Gasteiger partial charge >= 0.3 is 0 Å². The molecule has 2 aliphatic rings. The lowest BCUT2D eigenvalue weighted by Gasteiger charge is -2.08. The van der Waals surface area contributed by atoms with Crippen LogP contribution in [0, 0.1) is 0 Å². The zero-order valence-electron chi connectivity index (χ0n) is 10.3. The van der Waals surface area contributed by atoms with Gasteiger partial charge in [0.25, 0.3) is 5.91 Å². The summed E-state index contributed by atoms with van der Waals surface area (Å²) in [6.45, 7) is 1.47. The van der Waals surface area contributed by atoms with Crippen molar-refractivity contribution in [2.45, 2.75) is 44.1 Å². The first-order valence-electron chi connectivity index (χ1n) is 6.65. The van der Waals surface area contributed by atoms with E-state index >= 15 is 0 Å². The summed E-state index contributed by atoms with van der Waals surface area (Å²) >= 11 is 0. The van der Waals surface area contributed by atoms with Gasteiger partial charge in [-0.25, -0.2) is 4.98 Å². The van der Waals surface area contributed by atoms with Crippen molar-refractivity contribution in [1.82, 2.24) is 20.5 Å². The van der Waals surface area contributed by atoms with Crippen molar-refractivity contribution in [2.75, 3.05) is 13.2 Å². The molecule has 2 fully saturated rings. The van der Waals surface area contributed by atoms with Gasteiger partial charge in [-0.1, -0.05) is 0 Å². The fourth-order valence-electron chi connectivity index (χ4n) is 2.21. The van der Waals surface area contributed by atoms with Crippen molar-refractivity contribution in [1.29, 1.82) is 0 Å². The van der Waals surface area contributed by atoms with Crippen LogP contribution in [-0.4, -0.2) is 40.3 Å². The number of ether oxygens (including phenoxy) is 1. The highest BCUT2D eigenvalue weighted by atomic mass is 16.5. The molecule has 2 N–H and O–H groups in total. The second-order valence-electron chi connectivity index (χ2n) is 5.00. The third kappa shape index (κ3) is 2.69. The normalized spacial score (nSPS) is 23.2. The van der Waals surface area contributed by atoms with Gasteiger partial charge in [-0.15, -0.1) is 5.10 Å². The highest BCUT2D eigenvalue weighted by Crippen LogP contribution is 2.37. The van der Waals surface area contributed by atoms with E-state index in [-0.39, 0.29) is 11.7 Å². The molecule has 0 bridgehead atoms. The quantitative estimate of drug-likeness (QED) is 0.816. The van der Waals surface area contributed by atoms with E-state index in [9.17, 15) is 4.79 Å². The van der Waals surface area contributed by atoms with Crippen molar-refractivity contribution in [3.63, 3.8) is 0 Å². The van der Waals surface area contributed by atoms with E-state index in [0.717, 1.165) is 44.5 Å². The zero-order valence-corrected chi connectivity index (χ0v) is 10.3. The molecule has 1 aliphatic carbocycles. The van der Waals surface area contributed by atoms with E-state index in [2.05, 4.69) is 20.5 Å². The van der Waals surface area contributed by atoms with E-state index in [1.165, 1.54) is 0 Å². The van der Waals surface area contributed by atoms with E-state index in [0.29, 0.717) is 18.6 Å². The Bertz CT molecular complexity index is 421. The molecule has 6 heteroatoms. The number of hydrogen-bond donors (Lipinski definition) is 2. The number of H-pyrrole nitrogens is 1. The van der Waals surface area contributed by atoms with Gasteiger partial charge in [-0.3, -0.25) is 9.89 Å². The van der Waals surface area contributed by atoms with Crippen molar-refractivity contribution < 1.29 is 9.53 Å². The summed E-state index contributed by atoms with van der Waals surface area (Å²) in [6.07, 6.45) is 5.70. The zero-order chi connectivity index (χ0) is 12.4. The Morgan fingerprint density at radius 1 is 1.44 bits per heavy atom. The van der Waals surface area contributed by atoms with E-state index in [4.69, 9.17) is 4.74 Å². The predicted octanol–water partition coefficient (Wildman–Crippen LogP) is 0.981. The van der Waals surface area contributed by atoms with Crippen molar-refractivity contribution >= 4 is 5.91 Å². The van der Waals surface area contributed by atoms with Crippen LogP contribution in [0.1, 0.15) is 54.5 Å². The number of nitrogens with zero attached hydrogens (tertiary/aromatic N) is 2. The molecule has 1 saturated carbocycles. The molecule has 1 aromatic rings. The number of hydrogen-bond acceptors (Lipinski definition) is 4. The molecule has 1 aliphatic heterocycles. The fraction of sp³-hybridized carbons (Fsp3) is 0.750. The number of aromatic amines is 1. The average Bonchev–Trinajstić information content (AvgIpc) is 2.92. The lowest BCUT2D eigenvalue weighted by Crippen LogP contribution is -2.27. The van der Waals surface area contributed by atoms with Crippen LogP contribution in [0.2, 0.25) is 0 Å². The van der Waals surface area contributed by atoms with Gasteiger partial charge in [0.1, 0.15) is 5.82 Å². The second kappa shape index (κ2) is 5.06. The van der Waals surface area contributed by atoms with Gasteiger partial charge in [0.15, 0.2) is 0 Å². The van der Waals surface area contributed by atoms with Crippen LogP contribution in [0.5, 0.6) is 0 Å². The maximum absolute atomic E-state index is 11.8. The summed E-state index contributed by atoms with van der Waals surface area (Å²) < 4.78 is 5.50. The first kappa shape index (κ1) is 11.6. The maximum Gasteiger partial charge on any atom is 0.290 e. The molecule has 2 heterocycles. The molecule has 1 amide bonds. The molecule has 3 rings (SSSR count). The maximum atomic E-state index is 11.8. The Morgan fingerprint density at radius 3 is 3.06 bits per heavy atom. The van der Waals surface area contributed by atoms with Crippen LogP contribution < -0.4 is 5.32 Å². The smallest absolute Gasteiger partial charge is 0.290 e. The Hall–Kier alpha value is -1.43. The monoisotopic (exact) mass is 250 g/mol. The topological polar surface area (TPSA) is 79.9 Å². The van der Waals surface area contributed by atoms with Gasteiger partial charge in [-0.2, -0.15) is 0 Å². The van der Waals surface area contributed by atoms with Crippen LogP contribution >= 0.6 is 0 Å². The minimum Gasteiger partial charge on any atom is -0.378 e. The molecule has 6 nitrogen and oxygen atoms in total. The molecule has 1 atom stereocenters. The van der Waals surface area contributed by atoms with E-state index in [1.54, 1.807) is 0 Å². The molecule has 1 saturated heterocycles. The summed E-state index contributed by atoms with van der Waals surface area (Å²) in [7, 11) is 0. The average molecular weight is 250 g/mol. The molecule has 18 heavy (non-hydrogen) atoms. The summed E-state index contributed by atoms with van der Waals surface area (Å²) in [4.78, 5) is 16.0. The molecular formula is C12H18N4O2. The molecule has 0 spiro atoms. The Labute approximate surface area is 106 Å². The molecule has 98 valence electrons. The highest BCUT2D eigenvalue weighted by Gasteiger charge is 2.28. The third-order valence-electron chi connectivity index (χ3n) is 3.45. The summed E-state index contributed by atoms with van der Waals surface area (Å²) in [5, 5.41) is 9.62. The van der Waals surface area contributed by atoms with Crippen molar-refractivity contribution in [3.8, 4) is 0 Å². The number of aromatic nitrogens is 3. The lowest BCUT2D eigenvalue weighted by atomic mass is 10.2. The first-order valence-corrected chi connectivity index (χ1v) is 6.65. The number of rotatable bonds is 5. The van der Waals surface area contributed by atoms with Crippen molar-refractivity contribution in [2.24, 2.45) is 0 Å². The first-order chi connectivity index (χ1) is 8.83. The van der Waals surface area contributed by atoms with E-state index in [1.807, 2.05) is 0 Å². The summed E-state index contributed by atoms with van der Waals surface area (Å²) in [5.74, 6) is 1.39. The molecular weight excluding hydrogens is 232 g/mol. The number of nitrogens with one attached hydrogen (secondary N) is 2. The highest BCUT2D eigenvalue weighted by molar-refractivity contribution is 5.90. The van der Waals surface area contributed by atoms with Gasteiger partial charge in [0, 0.05) is 19.1 Å². The van der Waals surface area contributed by atoms with Crippen LogP contribution in [0.15, 0.2) is 0 Å². The third-order valence-corrected chi connectivity index (χ3v) is 3.45. The lowest BCUT2D eigenvalue weighted by molar-refractivity contribution is 0.0899. The molecule has 0 aromatic carbocycles. The largest absolute Gasteiger partial charge is 0.378 e. The van der Waals surface area contributed by atoms with Crippen LogP contribution in [0.3, 0.4) is 0 Å². The number of carbonyl (C=O) groups excluding carboxylic acids is 1. The summed E-state index contributed by atoms with van der Waals surface area (Å²) in [5.41, 5.74) is 0. The predicted molar refractivity (Wildman–Crippen MR) is 64.3 cm³/mol. The fourth-order valence-corrected chi connectivity index (χ4v) is 2.21. The van der Waals surface area contributed by atoms with Crippen LogP contribution in [0.25, 0.3) is 0 Å². The number of carbonyl (C=O) groups is 1. The Balaban J connectivity index is 1.44. The minimum absolute atomic E-state index is 0.198. The Kier molecular flexibility index (Phi) is 3.27. The molecule has 1 aromatic heterocycles. The molecule has 1 unspecified atom stereocenters.